The minimum absolute atomic E-state index is 0.0114. The topological polar surface area (TPSA) is 12.0 Å². The molecule has 0 aromatic heterocycles. The van der Waals surface area contributed by atoms with Gasteiger partial charge in [-0.05, 0) is 62.4 Å². The lowest BCUT2D eigenvalue weighted by Crippen LogP contribution is -2.32. The summed E-state index contributed by atoms with van der Waals surface area (Å²) in [4.78, 5) is 0. The highest BCUT2D eigenvalue weighted by Gasteiger charge is 2.31. The van der Waals surface area contributed by atoms with Crippen molar-refractivity contribution in [3.05, 3.63) is 34.6 Å². The molecule has 1 saturated carbocycles. The van der Waals surface area contributed by atoms with Crippen LogP contribution in [-0.4, -0.2) is 12.6 Å². The fraction of sp³-hybridized carbons (Fsp3) is 0.625. The van der Waals surface area contributed by atoms with E-state index in [0.29, 0.717) is 12.0 Å². The third-order valence-electron chi connectivity index (χ3n) is 4.02. The van der Waals surface area contributed by atoms with Crippen molar-refractivity contribution < 1.29 is 4.39 Å². The van der Waals surface area contributed by atoms with E-state index < -0.39 is 0 Å². The van der Waals surface area contributed by atoms with E-state index in [2.05, 4.69) is 18.3 Å². The minimum atomic E-state index is -0.0114. The first-order valence-electron chi connectivity index (χ1n) is 7.13. The number of hydrogen-bond donors (Lipinski definition) is 1. The van der Waals surface area contributed by atoms with E-state index in [-0.39, 0.29) is 5.82 Å². The van der Waals surface area contributed by atoms with Crippen LogP contribution in [0, 0.1) is 19.7 Å². The second-order valence-corrected chi connectivity index (χ2v) is 5.58. The molecule has 0 spiro atoms. The van der Waals surface area contributed by atoms with Crippen LogP contribution in [0.25, 0.3) is 0 Å². The summed E-state index contributed by atoms with van der Waals surface area (Å²) in [6, 6.07) is 4.24. The number of benzene rings is 1. The lowest BCUT2D eigenvalue weighted by atomic mass is 9.89. The molecule has 1 fully saturated rings. The Bertz CT molecular complexity index is 391. The molecule has 2 heteroatoms. The second kappa shape index (κ2) is 5.83. The SMILES string of the molecule is CCCNC1CCCC1c1c(C)cc(C)cc1F. The van der Waals surface area contributed by atoms with Gasteiger partial charge in [-0.15, -0.1) is 0 Å². The fourth-order valence-electron chi connectivity index (χ4n) is 3.28. The van der Waals surface area contributed by atoms with Crippen molar-refractivity contribution in [3.63, 3.8) is 0 Å². The molecule has 2 rings (SSSR count). The monoisotopic (exact) mass is 249 g/mol. The molecule has 1 nitrogen and oxygen atoms in total. The average Bonchev–Trinajstić information content (AvgIpc) is 2.73. The van der Waals surface area contributed by atoms with E-state index in [1.165, 1.54) is 12.8 Å². The number of rotatable bonds is 4. The highest BCUT2D eigenvalue weighted by atomic mass is 19.1. The first-order chi connectivity index (χ1) is 8.63. The van der Waals surface area contributed by atoms with E-state index >= 15 is 0 Å². The number of nitrogens with one attached hydrogen (secondary N) is 1. The summed E-state index contributed by atoms with van der Waals surface area (Å²) in [6.45, 7) is 7.21. The molecule has 0 heterocycles. The lowest BCUT2D eigenvalue weighted by Gasteiger charge is -2.23. The highest BCUT2D eigenvalue weighted by Crippen LogP contribution is 2.37. The van der Waals surface area contributed by atoms with Gasteiger partial charge in [-0.1, -0.05) is 19.4 Å². The molecule has 2 atom stereocenters. The molecular weight excluding hydrogens is 225 g/mol. The van der Waals surface area contributed by atoms with Crippen LogP contribution >= 0.6 is 0 Å². The first kappa shape index (κ1) is 13.5. The Morgan fingerprint density at radius 1 is 1.28 bits per heavy atom. The summed E-state index contributed by atoms with van der Waals surface area (Å²) < 4.78 is 14.2. The summed E-state index contributed by atoms with van der Waals surface area (Å²) in [5.74, 6) is 0.347. The second-order valence-electron chi connectivity index (χ2n) is 5.58. The molecule has 18 heavy (non-hydrogen) atoms. The quantitative estimate of drug-likeness (QED) is 0.848. The van der Waals surface area contributed by atoms with E-state index in [1.54, 1.807) is 6.07 Å². The van der Waals surface area contributed by atoms with Gasteiger partial charge < -0.3 is 5.32 Å². The molecule has 0 amide bonds. The van der Waals surface area contributed by atoms with Crippen LogP contribution in [0.2, 0.25) is 0 Å². The molecule has 1 N–H and O–H groups in total. The summed E-state index contributed by atoms with van der Waals surface area (Å²) in [6.07, 6.45) is 4.64. The summed E-state index contributed by atoms with van der Waals surface area (Å²) >= 11 is 0. The van der Waals surface area contributed by atoms with Gasteiger partial charge in [0.2, 0.25) is 0 Å². The van der Waals surface area contributed by atoms with Crippen LogP contribution < -0.4 is 5.32 Å². The van der Waals surface area contributed by atoms with Crippen molar-refractivity contribution >= 4 is 0 Å². The van der Waals surface area contributed by atoms with Gasteiger partial charge in [-0.3, -0.25) is 0 Å². The maximum Gasteiger partial charge on any atom is 0.127 e. The van der Waals surface area contributed by atoms with Gasteiger partial charge in [-0.25, -0.2) is 4.39 Å². The number of aryl methyl sites for hydroxylation is 2. The van der Waals surface area contributed by atoms with Crippen molar-refractivity contribution in [2.45, 2.75) is 58.4 Å². The van der Waals surface area contributed by atoms with Crippen molar-refractivity contribution in [2.24, 2.45) is 0 Å². The first-order valence-corrected chi connectivity index (χ1v) is 7.13. The molecule has 0 radical (unpaired) electrons. The smallest absolute Gasteiger partial charge is 0.127 e. The zero-order valence-corrected chi connectivity index (χ0v) is 11.7. The van der Waals surface area contributed by atoms with E-state index in [1.807, 2.05) is 13.8 Å². The zero-order valence-electron chi connectivity index (χ0n) is 11.7. The third-order valence-corrected chi connectivity index (χ3v) is 4.02. The standard InChI is InChI=1S/C16H24FN/c1-4-8-18-15-7-5-6-13(15)16-12(3)9-11(2)10-14(16)17/h9-10,13,15,18H,4-8H2,1-3H3. The summed E-state index contributed by atoms with van der Waals surface area (Å²) in [5, 5.41) is 3.58. The lowest BCUT2D eigenvalue weighted by molar-refractivity contribution is 0.462. The Morgan fingerprint density at radius 3 is 2.72 bits per heavy atom. The molecular formula is C16H24FN. The Labute approximate surface area is 110 Å². The molecule has 1 aromatic rings. The van der Waals surface area contributed by atoms with Gasteiger partial charge in [0, 0.05) is 12.0 Å². The number of halogens is 1. The third kappa shape index (κ3) is 2.74. The zero-order chi connectivity index (χ0) is 13.1. The van der Waals surface area contributed by atoms with Gasteiger partial charge in [0.1, 0.15) is 5.82 Å². The van der Waals surface area contributed by atoms with E-state index in [9.17, 15) is 4.39 Å². The van der Waals surface area contributed by atoms with Crippen LogP contribution in [-0.2, 0) is 0 Å². The fourth-order valence-corrected chi connectivity index (χ4v) is 3.28. The van der Waals surface area contributed by atoms with E-state index in [0.717, 1.165) is 36.1 Å². The summed E-state index contributed by atoms with van der Waals surface area (Å²) in [5.41, 5.74) is 3.08. The molecule has 100 valence electrons. The molecule has 0 bridgehead atoms. The molecule has 0 saturated heterocycles. The predicted molar refractivity (Wildman–Crippen MR) is 74.5 cm³/mol. The van der Waals surface area contributed by atoms with Crippen molar-refractivity contribution in [3.8, 4) is 0 Å². The van der Waals surface area contributed by atoms with Crippen LogP contribution in [0.15, 0.2) is 12.1 Å². The Balaban J connectivity index is 2.24. The average molecular weight is 249 g/mol. The normalized spacial score (nSPS) is 23.6. The van der Waals surface area contributed by atoms with Crippen molar-refractivity contribution in [1.29, 1.82) is 0 Å². The van der Waals surface area contributed by atoms with Crippen LogP contribution in [0.3, 0.4) is 0 Å². The predicted octanol–water partition coefficient (Wildman–Crippen LogP) is 4.08. The maximum atomic E-state index is 14.2. The minimum Gasteiger partial charge on any atom is -0.313 e. The van der Waals surface area contributed by atoms with E-state index in [4.69, 9.17) is 0 Å². The van der Waals surface area contributed by atoms with Crippen molar-refractivity contribution in [2.75, 3.05) is 6.54 Å². The molecule has 2 unspecified atom stereocenters. The van der Waals surface area contributed by atoms with Gasteiger partial charge >= 0.3 is 0 Å². The Kier molecular flexibility index (Phi) is 4.39. The van der Waals surface area contributed by atoms with Crippen molar-refractivity contribution in [1.82, 2.24) is 5.32 Å². The Morgan fingerprint density at radius 2 is 2.06 bits per heavy atom. The van der Waals surface area contributed by atoms with Crippen LogP contribution in [0.1, 0.15) is 55.2 Å². The number of hydrogen-bond acceptors (Lipinski definition) is 1. The molecule has 1 aliphatic rings. The van der Waals surface area contributed by atoms with Gasteiger partial charge in [0.25, 0.3) is 0 Å². The van der Waals surface area contributed by atoms with Gasteiger partial charge in [-0.2, -0.15) is 0 Å². The molecule has 1 aliphatic carbocycles. The van der Waals surface area contributed by atoms with Crippen LogP contribution in [0.4, 0.5) is 4.39 Å². The molecule has 0 aliphatic heterocycles. The van der Waals surface area contributed by atoms with Crippen LogP contribution in [0.5, 0.6) is 0 Å². The summed E-state index contributed by atoms with van der Waals surface area (Å²) in [7, 11) is 0. The maximum absolute atomic E-state index is 14.2. The van der Waals surface area contributed by atoms with Gasteiger partial charge in [0.05, 0.1) is 0 Å². The molecule has 1 aromatic carbocycles. The largest absolute Gasteiger partial charge is 0.313 e. The van der Waals surface area contributed by atoms with Gasteiger partial charge in [0.15, 0.2) is 0 Å². The Hall–Kier alpha value is -0.890. The highest BCUT2D eigenvalue weighted by molar-refractivity contribution is 5.36.